The van der Waals surface area contributed by atoms with Gasteiger partial charge in [0.25, 0.3) is 5.91 Å². The maximum atomic E-state index is 13.5. The van der Waals surface area contributed by atoms with Gasteiger partial charge in [-0.3, -0.25) is 14.8 Å². The van der Waals surface area contributed by atoms with Crippen LogP contribution in [0.25, 0.3) is 11.3 Å². The van der Waals surface area contributed by atoms with Gasteiger partial charge in [0.2, 0.25) is 0 Å². The highest BCUT2D eigenvalue weighted by atomic mass is 32.1. The average Bonchev–Trinajstić information content (AvgIpc) is 3.45. The number of fused-ring (bicyclic) bond motifs is 6. The SMILES string of the molecule is O=C(c1cc(-c2ccsc2)n[nH]1)N1CCCC2=C[C@H]3C[C@H](CN4CCCC[C@@H]34)[C@@H]21. The molecule has 2 aromatic heterocycles. The number of amides is 1. The lowest BCUT2D eigenvalue weighted by Crippen LogP contribution is -2.60. The molecule has 1 amide bonds. The molecule has 6 heteroatoms. The lowest BCUT2D eigenvalue weighted by molar-refractivity contribution is 0.00131. The number of likely N-dealkylation sites (tertiary alicyclic amines) is 1. The van der Waals surface area contributed by atoms with Gasteiger partial charge >= 0.3 is 0 Å². The van der Waals surface area contributed by atoms with Gasteiger partial charge in [-0.1, -0.05) is 18.1 Å². The van der Waals surface area contributed by atoms with Crippen molar-refractivity contribution >= 4 is 17.2 Å². The Bertz CT molecular complexity index is 933. The van der Waals surface area contributed by atoms with E-state index in [1.165, 1.54) is 37.8 Å². The predicted molar refractivity (Wildman–Crippen MR) is 115 cm³/mol. The highest BCUT2D eigenvalue weighted by molar-refractivity contribution is 7.08. The molecule has 6 rings (SSSR count). The molecule has 2 aromatic rings. The summed E-state index contributed by atoms with van der Waals surface area (Å²) in [5.74, 6) is 1.40. The molecule has 0 spiro atoms. The second-order valence-corrected chi connectivity index (χ2v) is 9.97. The lowest BCUT2D eigenvalue weighted by atomic mass is 9.68. The third-order valence-electron chi connectivity index (χ3n) is 7.54. The zero-order chi connectivity index (χ0) is 19.4. The predicted octanol–water partition coefficient (Wildman–Crippen LogP) is 4.17. The van der Waals surface area contributed by atoms with Crippen molar-refractivity contribution in [3.8, 4) is 11.3 Å². The van der Waals surface area contributed by atoms with Crippen LogP contribution in [0.3, 0.4) is 0 Å². The van der Waals surface area contributed by atoms with Crippen LogP contribution in [0.1, 0.15) is 49.0 Å². The molecule has 2 bridgehead atoms. The monoisotopic (exact) mass is 408 g/mol. The van der Waals surface area contributed by atoms with Crippen LogP contribution in [-0.2, 0) is 0 Å². The number of rotatable bonds is 2. The zero-order valence-electron chi connectivity index (χ0n) is 16.7. The minimum Gasteiger partial charge on any atom is -0.330 e. The summed E-state index contributed by atoms with van der Waals surface area (Å²) in [6, 6.07) is 5.01. The molecule has 0 aromatic carbocycles. The summed E-state index contributed by atoms with van der Waals surface area (Å²) in [6.07, 6.45) is 10.1. The maximum Gasteiger partial charge on any atom is 0.272 e. The van der Waals surface area contributed by atoms with Gasteiger partial charge in [0.05, 0.1) is 11.7 Å². The first kappa shape index (κ1) is 17.9. The molecule has 5 heterocycles. The van der Waals surface area contributed by atoms with Gasteiger partial charge in [-0.25, -0.2) is 0 Å². The average molecular weight is 409 g/mol. The van der Waals surface area contributed by atoms with Gasteiger partial charge in [-0.15, -0.1) is 0 Å². The summed E-state index contributed by atoms with van der Waals surface area (Å²) >= 11 is 1.65. The quantitative estimate of drug-likeness (QED) is 0.759. The molecule has 3 aliphatic heterocycles. The molecule has 0 saturated carbocycles. The first-order valence-electron chi connectivity index (χ1n) is 11.1. The van der Waals surface area contributed by atoms with Crippen LogP contribution in [0.15, 0.2) is 34.5 Å². The standard InChI is InChI=1S/C23H28N4OS/c28-23(20-12-19(24-25-20)16-6-9-29-14-16)27-8-3-4-15-10-17-11-18(22(15)27)13-26-7-2-1-5-21(17)26/h6,9-10,12,14,17-18,21-22H,1-5,7-8,11,13H2,(H,24,25)/t17-,18+,21-,22+/m0/s1. The highest BCUT2D eigenvalue weighted by Crippen LogP contribution is 2.45. The van der Waals surface area contributed by atoms with Crippen molar-refractivity contribution in [2.24, 2.45) is 11.8 Å². The topological polar surface area (TPSA) is 52.2 Å². The number of nitrogens with one attached hydrogen (secondary N) is 1. The van der Waals surface area contributed by atoms with Crippen molar-refractivity contribution in [2.75, 3.05) is 19.6 Å². The molecule has 29 heavy (non-hydrogen) atoms. The molecule has 3 fully saturated rings. The van der Waals surface area contributed by atoms with E-state index in [1.807, 2.05) is 11.4 Å². The van der Waals surface area contributed by atoms with E-state index in [0.717, 1.165) is 43.2 Å². The third-order valence-corrected chi connectivity index (χ3v) is 8.23. The number of carbonyl (C=O) groups excluding carboxylic acids is 1. The molecular weight excluding hydrogens is 380 g/mol. The zero-order valence-corrected chi connectivity index (χ0v) is 17.5. The number of carbonyl (C=O) groups is 1. The van der Waals surface area contributed by atoms with Crippen LogP contribution in [0.2, 0.25) is 0 Å². The van der Waals surface area contributed by atoms with Crippen molar-refractivity contribution in [1.82, 2.24) is 20.0 Å². The van der Waals surface area contributed by atoms with E-state index in [9.17, 15) is 4.79 Å². The molecule has 1 N–H and O–H groups in total. The number of aromatic amines is 1. The first-order valence-corrected chi connectivity index (χ1v) is 12.1. The summed E-state index contributed by atoms with van der Waals surface area (Å²) in [5.41, 5.74) is 4.10. The molecule has 1 aliphatic carbocycles. The Hall–Kier alpha value is -1.92. The fourth-order valence-electron chi connectivity index (χ4n) is 6.35. The Morgan fingerprint density at radius 3 is 3.10 bits per heavy atom. The number of hydrogen-bond donors (Lipinski definition) is 1. The molecule has 152 valence electrons. The first-order chi connectivity index (χ1) is 14.3. The van der Waals surface area contributed by atoms with Crippen LogP contribution in [0.4, 0.5) is 0 Å². The van der Waals surface area contributed by atoms with Crippen molar-refractivity contribution < 1.29 is 4.79 Å². The second-order valence-electron chi connectivity index (χ2n) is 9.19. The smallest absolute Gasteiger partial charge is 0.272 e. The molecule has 0 radical (unpaired) electrons. The van der Waals surface area contributed by atoms with Gasteiger partial charge in [0, 0.05) is 30.1 Å². The van der Waals surface area contributed by atoms with Gasteiger partial charge in [-0.2, -0.15) is 16.4 Å². The summed E-state index contributed by atoms with van der Waals surface area (Å²) in [7, 11) is 0. The van der Waals surface area contributed by atoms with Crippen LogP contribution in [-0.4, -0.2) is 57.6 Å². The Morgan fingerprint density at radius 1 is 1.24 bits per heavy atom. The summed E-state index contributed by atoms with van der Waals surface area (Å²) in [5, 5.41) is 11.5. The van der Waals surface area contributed by atoms with Crippen LogP contribution >= 0.6 is 11.3 Å². The van der Waals surface area contributed by atoms with E-state index in [1.54, 1.807) is 11.3 Å². The maximum absolute atomic E-state index is 13.5. The normalized spacial score (nSPS) is 31.7. The van der Waals surface area contributed by atoms with Gasteiger partial charge in [0.15, 0.2) is 0 Å². The number of nitrogens with zero attached hydrogens (tertiary/aromatic N) is 3. The largest absolute Gasteiger partial charge is 0.330 e. The van der Waals surface area contributed by atoms with Crippen LogP contribution in [0, 0.1) is 11.8 Å². The second kappa shape index (κ2) is 7.10. The molecule has 5 nitrogen and oxygen atoms in total. The van der Waals surface area contributed by atoms with Crippen LogP contribution < -0.4 is 0 Å². The van der Waals surface area contributed by atoms with E-state index in [0.29, 0.717) is 17.5 Å². The van der Waals surface area contributed by atoms with E-state index < -0.39 is 0 Å². The number of thiophene rings is 1. The van der Waals surface area contributed by atoms with Crippen molar-refractivity contribution in [1.29, 1.82) is 0 Å². The summed E-state index contributed by atoms with van der Waals surface area (Å²) in [6.45, 7) is 3.26. The third kappa shape index (κ3) is 2.99. The fraction of sp³-hybridized carbons (Fsp3) is 0.565. The number of aromatic nitrogens is 2. The fourth-order valence-corrected chi connectivity index (χ4v) is 6.99. The minimum absolute atomic E-state index is 0.119. The van der Waals surface area contributed by atoms with E-state index in [2.05, 4.69) is 37.5 Å². The van der Waals surface area contributed by atoms with Crippen molar-refractivity contribution in [3.63, 3.8) is 0 Å². The highest BCUT2D eigenvalue weighted by Gasteiger charge is 2.47. The van der Waals surface area contributed by atoms with Gasteiger partial charge < -0.3 is 4.90 Å². The number of H-pyrrole nitrogens is 1. The van der Waals surface area contributed by atoms with E-state index in [-0.39, 0.29) is 11.9 Å². The van der Waals surface area contributed by atoms with E-state index in [4.69, 9.17) is 0 Å². The van der Waals surface area contributed by atoms with E-state index >= 15 is 0 Å². The van der Waals surface area contributed by atoms with Gasteiger partial charge in [0.1, 0.15) is 5.69 Å². The minimum atomic E-state index is 0.119. The van der Waals surface area contributed by atoms with Gasteiger partial charge in [-0.05, 0) is 68.0 Å². The Labute approximate surface area is 175 Å². The Kier molecular flexibility index (Phi) is 4.38. The Morgan fingerprint density at radius 2 is 2.21 bits per heavy atom. The molecule has 3 saturated heterocycles. The molecular formula is C23H28N4OS. The van der Waals surface area contributed by atoms with Crippen LogP contribution in [0.5, 0.6) is 0 Å². The lowest BCUT2D eigenvalue weighted by Gasteiger charge is -2.54. The Balaban J connectivity index is 1.29. The summed E-state index contributed by atoms with van der Waals surface area (Å²) < 4.78 is 0. The van der Waals surface area contributed by atoms with Crippen molar-refractivity contribution in [3.05, 3.63) is 40.2 Å². The van der Waals surface area contributed by atoms with Crippen molar-refractivity contribution in [2.45, 2.75) is 50.6 Å². The molecule has 4 aliphatic rings. The molecule has 4 atom stereocenters. The number of piperidine rings is 3. The molecule has 0 unspecified atom stereocenters. The number of hydrogen-bond acceptors (Lipinski definition) is 4. The summed E-state index contributed by atoms with van der Waals surface area (Å²) in [4.78, 5) is 18.4.